The van der Waals surface area contributed by atoms with Crippen LogP contribution < -0.4 is 5.73 Å². The first-order chi connectivity index (χ1) is 7.12. The molecule has 0 radical (unpaired) electrons. The maximum atomic E-state index is 6.09. The zero-order chi connectivity index (χ0) is 11.5. The van der Waals surface area contributed by atoms with E-state index in [1.54, 1.807) is 0 Å². The highest BCUT2D eigenvalue weighted by Gasteiger charge is 2.47. The van der Waals surface area contributed by atoms with E-state index in [1.807, 2.05) is 0 Å². The Morgan fingerprint density at radius 2 is 1.93 bits per heavy atom. The topological polar surface area (TPSA) is 29.3 Å². The summed E-state index contributed by atoms with van der Waals surface area (Å²) in [5.74, 6) is 0.862. The lowest BCUT2D eigenvalue weighted by molar-refractivity contribution is 0.0389. The normalized spacial score (nSPS) is 21.0. The van der Waals surface area contributed by atoms with Crippen LogP contribution in [-0.2, 0) is 0 Å². The summed E-state index contributed by atoms with van der Waals surface area (Å²) in [5, 5.41) is 0. The second-order valence-corrected chi connectivity index (χ2v) is 5.22. The van der Waals surface area contributed by atoms with Gasteiger partial charge in [-0.3, -0.25) is 4.90 Å². The van der Waals surface area contributed by atoms with Crippen molar-refractivity contribution in [2.45, 2.75) is 65.0 Å². The first-order valence-electron chi connectivity index (χ1n) is 6.59. The lowest BCUT2D eigenvalue weighted by atomic mass is 9.86. The molecule has 1 atom stereocenters. The average molecular weight is 212 g/mol. The Balaban J connectivity index is 2.82. The highest BCUT2D eigenvalue weighted by atomic mass is 15.2. The standard InChI is InChI=1S/C13H28N2/c1-5-9-15(11(3)4)13(6-2,10-14)12-7-8-12/h11-12H,5-10,14H2,1-4H3. The van der Waals surface area contributed by atoms with Crippen molar-refractivity contribution in [2.75, 3.05) is 13.1 Å². The molecule has 0 aliphatic heterocycles. The van der Waals surface area contributed by atoms with Crippen LogP contribution >= 0.6 is 0 Å². The van der Waals surface area contributed by atoms with Crippen molar-refractivity contribution < 1.29 is 0 Å². The van der Waals surface area contributed by atoms with E-state index >= 15 is 0 Å². The van der Waals surface area contributed by atoms with Crippen LogP contribution in [-0.4, -0.2) is 29.6 Å². The smallest absolute Gasteiger partial charge is 0.0359 e. The van der Waals surface area contributed by atoms with Crippen LogP contribution in [0.3, 0.4) is 0 Å². The van der Waals surface area contributed by atoms with Crippen molar-refractivity contribution in [3.63, 3.8) is 0 Å². The van der Waals surface area contributed by atoms with Crippen molar-refractivity contribution in [2.24, 2.45) is 11.7 Å². The fourth-order valence-corrected chi connectivity index (χ4v) is 3.01. The molecule has 0 saturated heterocycles. The van der Waals surface area contributed by atoms with Crippen LogP contribution in [0.5, 0.6) is 0 Å². The summed E-state index contributed by atoms with van der Waals surface area (Å²) < 4.78 is 0. The van der Waals surface area contributed by atoms with E-state index in [9.17, 15) is 0 Å². The second-order valence-electron chi connectivity index (χ2n) is 5.22. The van der Waals surface area contributed by atoms with Gasteiger partial charge in [0.2, 0.25) is 0 Å². The van der Waals surface area contributed by atoms with Gasteiger partial charge in [-0.05, 0) is 52.0 Å². The Labute approximate surface area is 95.2 Å². The monoisotopic (exact) mass is 212 g/mol. The summed E-state index contributed by atoms with van der Waals surface area (Å²) in [6.07, 6.45) is 5.20. The summed E-state index contributed by atoms with van der Waals surface area (Å²) >= 11 is 0. The van der Waals surface area contributed by atoms with Crippen LogP contribution in [0.2, 0.25) is 0 Å². The maximum absolute atomic E-state index is 6.09. The van der Waals surface area contributed by atoms with Crippen molar-refractivity contribution >= 4 is 0 Å². The minimum absolute atomic E-state index is 0.296. The number of rotatable bonds is 7. The van der Waals surface area contributed by atoms with Gasteiger partial charge in [-0.2, -0.15) is 0 Å². The fraction of sp³-hybridized carbons (Fsp3) is 1.00. The third-order valence-corrected chi connectivity index (χ3v) is 3.96. The molecule has 2 N–H and O–H groups in total. The Bertz CT molecular complexity index is 181. The van der Waals surface area contributed by atoms with Crippen molar-refractivity contribution in [3.8, 4) is 0 Å². The zero-order valence-corrected chi connectivity index (χ0v) is 10.9. The molecule has 0 aromatic rings. The van der Waals surface area contributed by atoms with Gasteiger partial charge in [-0.25, -0.2) is 0 Å². The lowest BCUT2D eigenvalue weighted by Gasteiger charge is -2.46. The van der Waals surface area contributed by atoms with Crippen molar-refractivity contribution in [1.82, 2.24) is 4.90 Å². The average Bonchev–Trinajstić information content (AvgIpc) is 3.03. The molecule has 2 nitrogen and oxygen atoms in total. The van der Waals surface area contributed by atoms with Gasteiger partial charge in [0.1, 0.15) is 0 Å². The molecule has 1 aliphatic carbocycles. The fourth-order valence-electron chi connectivity index (χ4n) is 3.01. The summed E-state index contributed by atoms with van der Waals surface area (Å²) in [5.41, 5.74) is 6.38. The van der Waals surface area contributed by atoms with Gasteiger partial charge < -0.3 is 5.73 Å². The molecule has 2 heteroatoms. The molecule has 0 aromatic carbocycles. The Hall–Kier alpha value is -0.0800. The molecule has 1 fully saturated rings. The lowest BCUT2D eigenvalue weighted by Crippen LogP contribution is -2.58. The van der Waals surface area contributed by atoms with Gasteiger partial charge in [0.25, 0.3) is 0 Å². The van der Waals surface area contributed by atoms with E-state index in [1.165, 1.54) is 32.2 Å². The Morgan fingerprint density at radius 3 is 2.20 bits per heavy atom. The molecule has 1 saturated carbocycles. The van der Waals surface area contributed by atoms with Crippen molar-refractivity contribution in [1.29, 1.82) is 0 Å². The molecule has 90 valence electrons. The van der Waals surface area contributed by atoms with Gasteiger partial charge in [-0.15, -0.1) is 0 Å². The molecule has 1 rings (SSSR count). The van der Waals surface area contributed by atoms with E-state index in [-0.39, 0.29) is 0 Å². The summed E-state index contributed by atoms with van der Waals surface area (Å²) in [7, 11) is 0. The molecule has 0 aromatic heterocycles. The molecular weight excluding hydrogens is 184 g/mol. The maximum Gasteiger partial charge on any atom is 0.0359 e. The summed E-state index contributed by atoms with van der Waals surface area (Å²) in [6, 6.07) is 0.619. The van der Waals surface area contributed by atoms with Gasteiger partial charge in [-0.1, -0.05) is 13.8 Å². The highest BCUT2D eigenvalue weighted by Crippen LogP contribution is 2.45. The first-order valence-corrected chi connectivity index (χ1v) is 6.59. The van der Waals surface area contributed by atoms with Gasteiger partial charge in [0.15, 0.2) is 0 Å². The van der Waals surface area contributed by atoms with E-state index in [0.29, 0.717) is 11.6 Å². The molecule has 1 unspecified atom stereocenters. The largest absolute Gasteiger partial charge is 0.329 e. The predicted molar refractivity (Wildman–Crippen MR) is 66.9 cm³/mol. The molecule has 15 heavy (non-hydrogen) atoms. The molecule has 0 amide bonds. The van der Waals surface area contributed by atoms with Crippen LogP contribution in [0.15, 0.2) is 0 Å². The van der Waals surface area contributed by atoms with Crippen LogP contribution in [0.1, 0.15) is 53.4 Å². The van der Waals surface area contributed by atoms with E-state index in [4.69, 9.17) is 5.73 Å². The van der Waals surface area contributed by atoms with E-state index in [0.717, 1.165) is 12.5 Å². The summed E-state index contributed by atoms with van der Waals surface area (Å²) in [4.78, 5) is 2.66. The van der Waals surface area contributed by atoms with Crippen LogP contribution in [0.25, 0.3) is 0 Å². The number of nitrogens with zero attached hydrogens (tertiary/aromatic N) is 1. The minimum atomic E-state index is 0.296. The van der Waals surface area contributed by atoms with E-state index < -0.39 is 0 Å². The number of nitrogens with two attached hydrogens (primary N) is 1. The number of hydrogen-bond donors (Lipinski definition) is 1. The van der Waals surface area contributed by atoms with Gasteiger partial charge in [0.05, 0.1) is 0 Å². The third-order valence-electron chi connectivity index (χ3n) is 3.96. The quantitative estimate of drug-likeness (QED) is 0.703. The summed E-state index contributed by atoms with van der Waals surface area (Å²) in [6.45, 7) is 11.2. The highest BCUT2D eigenvalue weighted by molar-refractivity contribution is 5.03. The zero-order valence-electron chi connectivity index (χ0n) is 10.9. The molecule has 0 spiro atoms. The predicted octanol–water partition coefficient (Wildman–Crippen LogP) is 2.62. The first kappa shape index (κ1) is 13.0. The van der Waals surface area contributed by atoms with Gasteiger partial charge >= 0.3 is 0 Å². The van der Waals surface area contributed by atoms with E-state index in [2.05, 4.69) is 32.6 Å². The molecule has 1 aliphatic rings. The Morgan fingerprint density at radius 1 is 1.33 bits per heavy atom. The number of hydrogen-bond acceptors (Lipinski definition) is 2. The van der Waals surface area contributed by atoms with Crippen LogP contribution in [0.4, 0.5) is 0 Å². The minimum Gasteiger partial charge on any atom is -0.329 e. The third kappa shape index (κ3) is 2.54. The van der Waals surface area contributed by atoms with Crippen molar-refractivity contribution in [3.05, 3.63) is 0 Å². The molecule has 0 heterocycles. The second kappa shape index (κ2) is 5.31. The SMILES string of the molecule is CCCN(C(C)C)C(CC)(CN)C1CC1. The van der Waals surface area contributed by atoms with Gasteiger partial charge in [0, 0.05) is 18.1 Å². The molecule has 0 bridgehead atoms. The Kier molecular flexibility index (Phi) is 4.60. The van der Waals surface area contributed by atoms with Crippen LogP contribution in [0, 0.1) is 5.92 Å². The molecular formula is C13H28N2.